The molecule has 14 heavy (non-hydrogen) atoms. The molecule has 2 bridgehead atoms. The molecule has 0 unspecified atom stereocenters. The van der Waals surface area contributed by atoms with Gasteiger partial charge in [0.2, 0.25) is 0 Å². The molecule has 3 atom stereocenters. The van der Waals surface area contributed by atoms with Gasteiger partial charge < -0.3 is 4.74 Å². The summed E-state index contributed by atoms with van der Waals surface area (Å²) in [5.74, 6) is -0.0454. The van der Waals surface area contributed by atoms with E-state index in [0.717, 1.165) is 6.42 Å². The molecular formula is C11H19NO2. The zero-order valence-corrected chi connectivity index (χ0v) is 9.03. The zero-order valence-electron chi connectivity index (χ0n) is 9.03. The topological polar surface area (TPSA) is 29.5 Å². The molecular weight excluding hydrogens is 178 g/mol. The van der Waals surface area contributed by atoms with Gasteiger partial charge in [0.25, 0.3) is 0 Å². The van der Waals surface area contributed by atoms with Crippen LogP contribution in [0.25, 0.3) is 0 Å². The number of rotatable bonds is 2. The van der Waals surface area contributed by atoms with E-state index in [1.807, 2.05) is 6.92 Å². The third-order valence-corrected chi connectivity index (χ3v) is 3.64. The predicted molar refractivity (Wildman–Crippen MR) is 54.0 cm³/mol. The van der Waals surface area contributed by atoms with E-state index in [9.17, 15) is 4.79 Å². The van der Waals surface area contributed by atoms with Crippen LogP contribution in [0.2, 0.25) is 0 Å². The number of likely N-dealkylation sites (N-methyl/N-ethyl adjacent to an activating group) is 1. The summed E-state index contributed by atoms with van der Waals surface area (Å²) in [6.45, 7) is 1.85. The second-order valence-electron chi connectivity index (χ2n) is 4.44. The first-order valence-corrected chi connectivity index (χ1v) is 5.63. The fourth-order valence-electron chi connectivity index (χ4n) is 2.78. The lowest BCUT2D eigenvalue weighted by Gasteiger charge is -2.31. The Morgan fingerprint density at radius 2 is 2.29 bits per heavy atom. The predicted octanol–water partition coefficient (Wildman–Crippen LogP) is 1.56. The number of fused-ring (bicyclic) bond motifs is 2. The SMILES string of the molecule is CCC(=O)O[C@H]1C[C@@H]2CCC[C@H]1N2C. The molecule has 0 aromatic rings. The van der Waals surface area contributed by atoms with Gasteiger partial charge in [-0.15, -0.1) is 0 Å². The van der Waals surface area contributed by atoms with Crippen LogP contribution in [0, 0.1) is 0 Å². The first-order valence-electron chi connectivity index (χ1n) is 5.63. The number of nitrogens with zero attached hydrogens (tertiary/aromatic N) is 1. The molecule has 80 valence electrons. The van der Waals surface area contributed by atoms with Crippen molar-refractivity contribution in [1.82, 2.24) is 4.90 Å². The number of hydrogen-bond donors (Lipinski definition) is 0. The molecule has 3 heteroatoms. The summed E-state index contributed by atoms with van der Waals surface area (Å²) in [5, 5.41) is 0. The normalized spacial score (nSPS) is 37.1. The highest BCUT2D eigenvalue weighted by molar-refractivity contribution is 5.69. The van der Waals surface area contributed by atoms with Crippen molar-refractivity contribution in [3.05, 3.63) is 0 Å². The quantitative estimate of drug-likeness (QED) is 0.629. The molecule has 2 heterocycles. The number of hydrogen-bond acceptors (Lipinski definition) is 3. The van der Waals surface area contributed by atoms with Gasteiger partial charge in [0, 0.05) is 24.9 Å². The minimum absolute atomic E-state index is 0.0454. The van der Waals surface area contributed by atoms with Crippen LogP contribution in [-0.4, -0.2) is 36.1 Å². The number of carbonyl (C=O) groups is 1. The summed E-state index contributed by atoms with van der Waals surface area (Å²) in [7, 11) is 2.16. The average Bonchev–Trinajstić information content (AvgIpc) is 2.40. The number of esters is 1. The van der Waals surface area contributed by atoms with E-state index in [4.69, 9.17) is 4.74 Å². The lowest BCUT2D eigenvalue weighted by atomic mass is 10.0. The van der Waals surface area contributed by atoms with Crippen LogP contribution in [0.5, 0.6) is 0 Å². The summed E-state index contributed by atoms with van der Waals surface area (Å²) < 4.78 is 5.46. The Morgan fingerprint density at radius 3 is 2.93 bits per heavy atom. The average molecular weight is 197 g/mol. The van der Waals surface area contributed by atoms with Crippen molar-refractivity contribution in [2.45, 2.75) is 57.2 Å². The Labute approximate surface area is 85.4 Å². The maximum absolute atomic E-state index is 11.2. The van der Waals surface area contributed by atoms with Crippen molar-refractivity contribution >= 4 is 5.97 Å². The van der Waals surface area contributed by atoms with Gasteiger partial charge in [-0.3, -0.25) is 9.69 Å². The first-order chi connectivity index (χ1) is 6.72. The maximum Gasteiger partial charge on any atom is 0.305 e. The molecule has 2 aliphatic heterocycles. The number of ether oxygens (including phenoxy) is 1. The van der Waals surface area contributed by atoms with Gasteiger partial charge in [0.15, 0.2) is 0 Å². The highest BCUT2D eigenvalue weighted by Gasteiger charge is 2.43. The molecule has 2 saturated heterocycles. The van der Waals surface area contributed by atoms with E-state index >= 15 is 0 Å². The van der Waals surface area contributed by atoms with E-state index in [1.165, 1.54) is 19.3 Å². The lowest BCUT2D eigenvalue weighted by molar-refractivity contribution is -0.149. The summed E-state index contributed by atoms with van der Waals surface area (Å²) in [5.41, 5.74) is 0. The van der Waals surface area contributed by atoms with Crippen LogP contribution in [-0.2, 0) is 9.53 Å². The molecule has 0 radical (unpaired) electrons. The maximum atomic E-state index is 11.2. The largest absolute Gasteiger partial charge is 0.461 e. The summed E-state index contributed by atoms with van der Waals surface area (Å²) >= 11 is 0. The van der Waals surface area contributed by atoms with E-state index in [1.54, 1.807) is 0 Å². The van der Waals surface area contributed by atoms with E-state index in [0.29, 0.717) is 18.5 Å². The van der Waals surface area contributed by atoms with Crippen molar-refractivity contribution in [3.63, 3.8) is 0 Å². The van der Waals surface area contributed by atoms with Crippen LogP contribution in [0.4, 0.5) is 0 Å². The first kappa shape index (κ1) is 9.97. The smallest absolute Gasteiger partial charge is 0.305 e. The highest BCUT2D eigenvalue weighted by atomic mass is 16.5. The highest BCUT2D eigenvalue weighted by Crippen LogP contribution is 2.35. The van der Waals surface area contributed by atoms with E-state index < -0.39 is 0 Å². The Kier molecular flexibility index (Phi) is 2.77. The van der Waals surface area contributed by atoms with Crippen molar-refractivity contribution in [2.75, 3.05) is 7.05 Å². The monoisotopic (exact) mass is 197 g/mol. The van der Waals surface area contributed by atoms with E-state index in [-0.39, 0.29) is 12.1 Å². The Hall–Kier alpha value is -0.570. The lowest BCUT2D eigenvalue weighted by Crippen LogP contribution is -2.39. The second-order valence-corrected chi connectivity index (χ2v) is 4.44. The van der Waals surface area contributed by atoms with Gasteiger partial charge in [-0.2, -0.15) is 0 Å². The third-order valence-electron chi connectivity index (χ3n) is 3.64. The van der Waals surface area contributed by atoms with Crippen molar-refractivity contribution in [2.24, 2.45) is 0 Å². The standard InChI is InChI=1S/C11H19NO2/c1-3-11(13)14-10-7-8-5-4-6-9(10)12(8)2/h8-10H,3-7H2,1-2H3/t8-,9+,10-/m0/s1. The van der Waals surface area contributed by atoms with Gasteiger partial charge in [0.1, 0.15) is 6.10 Å². The van der Waals surface area contributed by atoms with Crippen molar-refractivity contribution < 1.29 is 9.53 Å². The van der Waals surface area contributed by atoms with Crippen LogP contribution < -0.4 is 0 Å². The molecule has 2 fully saturated rings. The molecule has 2 rings (SSSR count). The van der Waals surface area contributed by atoms with Gasteiger partial charge in [0.05, 0.1) is 0 Å². The molecule has 0 amide bonds. The third kappa shape index (κ3) is 1.65. The summed E-state index contributed by atoms with van der Waals surface area (Å²) in [4.78, 5) is 13.6. The van der Waals surface area contributed by atoms with Gasteiger partial charge in [-0.05, 0) is 19.9 Å². The molecule has 0 spiro atoms. The Morgan fingerprint density at radius 1 is 1.50 bits per heavy atom. The minimum Gasteiger partial charge on any atom is -0.461 e. The zero-order chi connectivity index (χ0) is 10.1. The van der Waals surface area contributed by atoms with Crippen molar-refractivity contribution in [3.8, 4) is 0 Å². The van der Waals surface area contributed by atoms with Crippen molar-refractivity contribution in [1.29, 1.82) is 0 Å². The Balaban J connectivity index is 1.98. The Bertz CT molecular complexity index is 229. The van der Waals surface area contributed by atoms with Gasteiger partial charge in [-0.25, -0.2) is 0 Å². The molecule has 0 aromatic carbocycles. The van der Waals surface area contributed by atoms with E-state index in [2.05, 4.69) is 11.9 Å². The fourth-order valence-corrected chi connectivity index (χ4v) is 2.78. The minimum atomic E-state index is -0.0454. The molecule has 0 saturated carbocycles. The van der Waals surface area contributed by atoms with Crippen LogP contribution in [0.3, 0.4) is 0 Å². The van der Waals surface area contributed by atoms with Gasteiger partial charge in [-0.1, -0.05) is 13.3 Å². The number of carbonyl (C=O) groups excluding carboxylic acids is 1. The molecule has 0 aliphatic carbocycles. The van der Waals surface area contributed by atoms with Crippen LogP contribution >= 0.6 is 0 Å². The summed E-state index contributed by atoms with van der Waals surface area (Å²) in [6.07, 6.45) is 5.46. The van der Waals surface area contributed by atoms with Gasteiger partial charge >= 0.3 is 5.97 Å². The second kappa shape index (κ2) is 3.89. The molecule has 2 aliphatic rings. The van der Waals surface area contributed by atoms with Crippen LogP contribution in [0.1, 0.15) is 39.0 Å². The molecule has 3 nitrogen and oxygen atoms in total. The summed E-state index contributed by atoms with van der Waals surface area (Å²) in [6, 6.07) is 1.15. The van der Waals surface area contributed by atoms with Crippen LogP contribution in [0.15, 0.2) is 0 Å². The fraction of sp³-hybridized carbons (Fsp3) is 0.909. The molecule has 0 N–H and O–H groups in total. The number of piperidine rings is 1. The molecule has 0 aromatic heterocycles.